The van der Waals surface area contributed by atoms with Gasteiger partial charge in [0.25, 0.3) is 0 Å². The zero-order valence-electron chi connectivity index (χ0n) is 14.1. The van der Waals surface area contributed by atoms with Crippen LogP contribution in [0.5, 0.6) is 5.75 Å². The summed E-state index contributed by atoms with van der Waals surface area (Å²) in [5, 5.41) is 2.95. The molecule has 0 atom stereocenters. The largest absolute Gasteiger partial charge is 0.496 e. The number of nitrogens with one attached hydrogen (secondary N) is 1. The molecule has 0 spiro atoms. The van der Waals surface area contributed by atoms with Crippen LogP contribution in [-0.4, -0.2) is 18.8 Å². The second-order valence-electron chi connectivity index (χ2n) is 5.74. The number of benzene rings is 2. The molecule has 2 aromatic carbocycles. The number of carbonyl (C=O) groups is 1. The highest BCUT2D eigenvalue weighted by Crippen LogP contribution is 2.26. The van der Waals surface area contributed by atoms with Crippen LogP contribution in [0.15, 0.2) is 42.5 Å². The number of anilines is 1. The van der Waals surface area contributed by atoms with Crippen molar-refractivity contribution < 1.29 is 13.9 Å². The molecule has 2 aromatic rings. The molecule has 0 bridgehead atoms. The highest BCUT2D eigenvalue weighted by atomic mass is 32.2. The molecule has 0 saturated heterocycles. The van der Waals surface area contributed by atoms with Gasteiger partial charge in [0.1, 0.15) is 11.6 Å². The molecule has 24 heavy (non-hydrogen) atoms. The number of halogens is 1. The highest BCUT2D eigenvalue weighted by Gasteiger charge is 2.10. The zero-order valence-corrected chi connectivity index (χ0v) is 15.0. The number of amides is 1. The Morgan fingerprint density at radius 2 is 2.00 bits per heavy atom. The first kappa shape index (κ1) is 18.3. The standard InChI is InChI=1S/C19H22FNO2S/c1-13(2)16-6-4-5-7-17(16)21-19(22)12-24-11-14-10-15(20)8-9-18(14)23-3/h4-10,13H,11-12H2,1-3H3,(H,21,22). The van der Waals surface area contributed by atoms with Gasteiger partial charge in [0.15, 0.2) is 0 Å². The normalized spacial score (nSPS) is 10.7. The third kappa shape index (κ3) is 4.99. The number of hydrogen-bond donors (Lipinski definition) is 1. The Bertz CT molecular complexity index is 704. The molecule has 0 aliphatic heterocycles. The lowest BCUT2D eigenvalue weighted by atomic mass is 10.0. The lowest BCUT2D eigenvalue weighted by molar-refractivity contribution is -0.113. The van der Waals surface area contributed by atoms with Crippen molar-refractivity contribution in [1.29, 1.82) is 0 Å². The van der Waals surface area contributed by atoms with Gasteiger partial charge in [-0.05, 0) is 35.7 Å². The molecule has 0 fully saturated rings. The SMILES string of the molecule is COc1ccc(F)cc1CSCC(=O)Nc1ccccc1C(C)C. The minimum atomic E-state index is -0.304. The van der Waals surface area contributed by atoms with Crippen LogP contribution in [0.2, 0.25) is 0 Å². The highest BCUT2D eigenvalue weighted by molar-refractivity contribution is 7.99. The number of methoxy groups -OCH3 is 1. The predicted molar refractivity (Wildman–Crippen MR) is 98.3 cm³/mol. The van der Waals surface area contributed by atoms with Gasteiger partial charge in [-0.2, -0.15) is 0 Å². The third-order valence-electron chi connectivity index (χ3n) is 3.59. The van der Waals surface area contributed by atoms with E-state index in [1.807, 2.05) is 24.3 Å². The van der Waals surface area contributed by atoms with E-state index in [1.165, 1.54) is 23.9 Å². The molecule has 1 N–H and O–H groups in total. The summed E-state index contributed by atoms with van der Waals surface area (Å²) in [6, 6.07) is 12.2. The third-order valence-corrected chi connectivity index (χ3v) is 4.57. The van der Waals surface area contributed by atoms with Crippen molar-refractivity contribution in [3.05, 3.63) is 59.4 Å². The summed E-state index contributed by atoms with van der Waals surface area (Å²) in [6.07, 6.45) is 0. The van der Waals surface area contributed by atoms with Gasteiger partial charge in [-0.3, -0.25) is 4.79 Å². The molecule has 0 heterocycles. The van der Waals surface area contributed by atoms with E-state index in [9.17, 15) is 9.18 Å². The molecule has 0 aliphatic rings. The van der Waals surface area contributed by atoms with Gasteiger partial charge in [-0.15, -0.1) is 11.8 Å². The summed E-state index contributed by atoms with van der Waals surface area (Å²) < 4.78 is 18.5. The Morgan fingerprint density at radius 3 is 2.71 bits per heavy atom. The quantitative estimate of drug-likeness (QED) is 0.779. The fourth-order valence-corrected chi connectivity index (χ4v) is 3.22. The van der Waals surface area contributed by atoms with E-state index in [2.05, 4.69) is 19.2 Å². The Morgan fingerprint density at radius 1 is 1.25 bits per heavy atom. The second kappa shape index (κ2) is 8.73. The van der Waals surface area contributed by atoms with E-state index in [-0.39, 0.29) is 11.7 Å². The number of thioether (sulfide) groups is 1. The second-order valence-corrected chi connectivity index (χ2v) is 6.72. The molecule has 5 heteroatoms. The molecule has 0 saturated carbocycles. The molecule has 128 valence electrons. The maximum Gasteiger partial charge on any atom is 0.234 e. The molecule has 0 aliphatic carbocycles. The van der Waals surface area contributed by atoms with E-state index in [4.69, 9.17) is 4.74 Å². The smallest absolute Gasteiger partial charge is 0.234 e. The predicted octanol–water partition coefficient (Wildman–Crippen LogP) is 4.83. The number of rotatable bonds is 7. The van der Waals surface area contributed by atoms with Crippen molar-refractivity contribution >= 4 is 23.4 Å². The van der Waals surface area contributed by atoms with E-state index in [1.54, 1.807) is 13.2 Å². The van der Waals surface area contributed by atoms with Crippen LogP contribution in [0.25, 0.3) is 0 Å². The van der Waals surface area contributed by atoms with E-state index >= 15 is 0 Å². The molecule has 1 amide bonds. The number of carbonyl (C=O) groups excluding carboxylic acids is 1. The van der Waals surface area contributed by atoms with Gasteiger partial charge < -0.3 is 10.1 Å². The van der Waals surface area contributed by atoms with Crippen molar-refractivity contribution in [1.82, 2.24) is 0 Å². The molecular weight excluding hydrogens is 325 g/mol. The van der Waals surface area contributed by atoms with Crippen LogP contribution in [0.3, 0.4) is 0 Å². The fraction of sp³-hybridized carbons (Fsp3) is 0.316. The topological polar surface area (TPSA) is 38.3 Å². The summed E-state index contributed by atoms with van der Waals surface area (Å²) in [5.41, 5.74) is 2.71. The Kier molecular flexibility index (Phi) is 6.67. The van der Waals surface area contributed by atoms with E-state index in [0.29, 0.717) is 23.2 Å². The van der Waals surface area contributed by atoms with Gasteiger partial charge in [-0.25, -0.2) is 4.39 Å². The maximum absolute atomic E-state index is 13.3. The summed E-state index contributed by atoms with van der Waals surface area (Å²) in [6.45, 7) is 4.19. The van der Waals surface area contributed by atoms with Crippen molar-refractivity contribution in [2.75, 3.05) is 18.2 Å². The molecule has 0 unspecified atom stereocenters. The average Bonchev–Trinajstić information content (AvgIpc) is 2.55. The summed E-state index contributed by atoms with van der Waals surface area (Å²) in [5.74, 6) is 1.41. The minimum absolute atomic E-state index is 0.0662. The van der Waals surface area contributed by atoms with Gasteiger partial charge in [0.05, 0.1) is 12.9 Å². The minimum Gasteiger partial charge on any atom is -0.496 e. The Hall–Kier alpha value is -2.01. The summed E-state index contributed by atoms with van der Waals surface area (Å²) in [4.78, 5) is 12.2. The monoisotopic (exact) mass is 347 g/mol. The van der Waals surface area contributed by atoms with Crippen molar-refractivity contribution in [2.45, 2.75) is 25.5 Å². The van der Waals surface area contributed by atoms with Crippen LogP contribution >= 0.6 is 11.8 Å². The van der Waals surface area contributed by atoms with Gasteiger partial charge in [0, 0.05) is 17.0 Å². The number of ether oxygens (including phenoxy) is 1. The van der Waals surface area contributed by atoms with Crippen LogP contribution in [-0.2, 0) is 10.5 Å². The Balaban J connectivity index is 1.92. The molecule has 2 rings (SSSR count). The zero-order chi connectivity index (χ0) is 17.5. The molecule has 0 aromatic heterocycles. The molecule has 3 nitrogen and oxygen atoms in total. The first-order chi connectivity index (χ1) is 11.5. The average molecular weight is 347 g/mol. The van der Waals surface area contributed by atoms with Gasteiger partial charge in [0.2, 0.25) is 5.91 Å². The first-order valence-electron chi connectivity index (χ1n) is 7.80. The van der Waals surface area contributed by atoms with Crippen molar-refractivity contribution in [3.8, 4) is 5.75 Å². The van der Waals surface area contributed by atoms with Crippen LogP contribution < -0.4 is 10.1 Å². The van der Waals surface area contributed by atoms with Crippen molar-refractivity contribution in [3.63, 3.8) is 0 Å². The first-order valence-corrected chi connectivity index (χ1v) is 8.95. The fourth-order valence-electron chi connectivity index (χ4n) is 2.41. The van der Waals surface area contributed by atoms with Crippen LogP contribution in [0.1, 0.15) is 30.9 Å². The van der Waals surface area contributed by atoms with Gasteiger partial charge in [-0.1, -0.05) is 32.0 Å². The van der Waals surface area contributed by atoms with Gasteiger partial charge >= 0.3 is 0 Å². The summed E-state index contributed by atoms with van der Waals surface area (Å²) in [7, 11) is 1.55. The van der Waals surface area contributed by atoms with Crippen LogP contribution in [0.4, 0.5) is 10.1 Å². The van der Waals surface area contributed by atoms with E-state index < -0.39 is 0 Å². The molecule has 0 radical (unpaired) electrons. The lowest BCUT2D eigenvalue weighted by Gasteiger charge is -2.13. The summed E-state index contributed by atoms with van der Waals surface area (Å²) >= 11 is 1.43. The van der Waals surface area contributed by atoms with E-state index in [0.717, 1.165) is 16.8 Å². The van der Waals surface area contributed by atoms with Crippen molar-refractivity contribution in [2.24, 2.45) is 0 Å². The molecular formula is C19H22FNO2S. The Labute approximate surface area is 146 Å². The lowest BCUT2D eigenvalue weighted by Crippen LogP contribution is -2.15. The number of para-hydroxylation sites is 1. The maximum atomic E-state index is 13.3. The number of hydrogen-bond acceptors (Lipinski definition) is 3. The van der Waals surface area contributed by atoms with Crippen LogP contribution in [0, 0.1) is 5.82 Å².